The van der Waals surface area contributed by atoms with Crippen LogP contribution in [0, 0.1) is 17.3 Å². The van der Waals surface area contributed by atoms with Gasteiger partial charge in [0.15, 0.2) is 0 Å². The van der Waals surface area contributed by atoms with Crippen molar-refractivity contribution >= 4 is 0 Å². The molecule has 3 atom stereocenters. The third-order valence-electron chi connectivity index (χ3n) is 5.71. The maximum Gasteiger partial charge on any atom is 0.0580 e. The summed E-state index contributed by atoms with van der Waals surface area (Å²) in [7, 11) is 0. The maximum absolute atomic E-state index is 10.2. The molecular weight excluding hydrogens is 222 g/mol. The van der Waals surface area contributed by atoms with E-state index in [-0.39, 0.29) is 6.10 Å². The molecule has 2 rings (SSSR count). The van der Waals surface area contributed by atoms with Crippen molar-refractivity contribution in [2.24, 2.45) is 17.3 Å². The summed E-state index contributed by atoms with van der Waals surface area (Å²) in [6.07, 6.45) is 7.39. The smallest absolute Gasteiger partial charge is 0.0580 e. The number of aliphatic hydroxyl groups excluding tert-OH is 1. The lowest BCUT2D eigenvalue weighted by Crippen LogP contribution is -2.38. The van der Waals surface area contributed by atoms with Gasteiger partial charge in [-0.3, -0.25) is 0 Å². The fourth-order valence-corrected chi connectivity index (χ4v) is 4.02. The van der Waals surface area contributed by atoms with Crippen LogP contribution in [-0.4, -0.2) is 35.7 Å². The number of aliphatic hydroxyl groups is 1. The average molecular weight is 253 g/mol. The van der Waals surface area contributed by atoms with Gasteiger partial charge in [0.1, 0.15) is 0 Å². The van der Waals surface area contributed by atoms with E-state index >= 15 is 0 Å². The molecule has 2 heteroatoms. The summed E-state index contributed by atoms with van der Waals surface area (Å²) in [6, 6.07) is 0. The third kappa shape index (κ3) is 3.08. The van der Waals surface area contributed by atoms with Crippen LogP contribution < -0.4 is 0 Å². The Kier molecular flexibility index (Phi) is 4.71. The molecule has 1 N–H and O–H groups in total. The molecule has 2 nitrogen and oxygen atoms in total. The zero-order chi connectivity index (χ0) is 13.2. The molecule has 1 saturated carbocycles. The Hall–Kier alpha value is -0.0800. The highest BCUT2D eigenvalue weighted by atomic mass is 16.3. The summed E-state index contributed by atoms with van der Waals surface area (Å²) >= 11 is 0. The standard InChI is InChI=1S/C16H31NO/c1-4-16(5-2)8-9-17(12-16)11-14-10-13(3)6-7-15(14)18/h13-15,18H,4-12H2,1-3H3. The Balaban J connectivity index is 1.87. The quantitative estimate of drug-likeness (QED) is 0.831. The summed E-state index contributed by atoms with van der Waals surface area (Å²) in [5.41, 5.74) is 0.575. The van der Waals surface area contributed by atoms with Gasteiger partial charge in [-0.25, -0.2) is 0 Å². The molecule has 0 amide bonds. The van der Waals surface area contributed by atoms with Gasteiger partial charge in [0.25, 0.3) is 0 Å². The van der Waals surface area contributed by atoms with E-state index in [1.165, 1.54) is 45.2 Å². The van der Waals surface area contributed by atoms with Crippen LogP contribution in [0.1, 0.15) is 59.3 Å². The van der Waals surface area contributed by atoms with Gasteiger partial charge in [-0.2, -0.15) is 0 Å². The molecule has 0 aromatic rings. The molecule has 1 aliphatic carbocycles. The molecule has 0 aromatic carbocycles. The van der Waals surface area contributed by atoms with Gasteiger partial charge in [0.2, 0.25) is 0 Å². The van der Waals surface area contributed by atoms with E-state index < -0.39 is 0 Å². The topological polar surface area (TPSA) is 23.5 Å². The normalized spacial score (nSPS) is 37.0. The van der Waals surface area contributed by atoms with E-state index in [1.54, 1.807) is 0 Å². The van der Waals surface area contributed by atoms with E-state index in [9.17, 15) is 5.11 Å². The Morgan fingerprint density at radius 1 is 1.22 bits per heavy atom. The van der Waals surface area contributed by atoms with Crippen molar-refractivity contribution in [2.75, 3.05) is 19.6 Å². The van der Waals surface area contributed by atoms with Crippen molar-refractivity contribution in [2.45, 2.75) is 65.4 Å². The van der Waals surface area contributed by atoms with Crippen LogP contribution in [0.5, 0.6) is 0 Å². The van der Waals surface area contributed by atoms with Crippen LogP contribution >= 0.6 is 0 Å². The second-order valence-corrected chi connectivity index (χ2v) is 6.94. The number of likely N-dealkylation sites (tertiary alicyclic amines) is 1. The molecular formula is C16H31NO. The lowest BCUT2D eigenvalue weighted by Gasteiger charge is -2.35. The molecule has 1 saturated heterocycles. The van der Waals surface area contributed by atoms with Crippen molar-refractivity contribution in [1.29, 1.82) is 0 Å². The Bertz CT molecular complexity index is 262. The first-order valence-corrected chi connectivity index (χ1v) is 7.99. The first-order chi connectivity index (χ1) is 8.58. The van der Waals surface area contributed by atoms with Crippen LogP contribution in [0.3, 0.4) is 0 Å². The van der Waals surface area contributed by atoms with Gasteiger partial charge < -0.3 is 10.0 Å². The predicted octanol–water partition coefficient (Wildman–Crippen LogP) is 3.30. The molecule has 106 valence electrons. The Labute approximate surface area is 113 Å². The first kappa shape index (κ1) is 14.3. The lowest BCUT2D eigenvalue weighted by atomic mass is 9.80. The SMILES string of the molecule is CCC1(CC)CCN(CC2CC(C)CCC2O)C1. The highest BCUT2D eigenvalue weighted by molar-refractivity contribution is 4.90. The molecule has 18 heavy (non-hydrogen) atoms. The number of rotatable bonds is 4. The van der Waals surface area contributed by atoms with Crippen LogP contribution in [0.4, 0.5) is 0 Å². The summed E-state index contributed by atoms with van der Waals surface area (Å²) in [4.78, 5) is 2.62. The molecule has 3 unspecified atom stereocenters. The zero-order valence-corrected chi connectivity index (χ0v) is 12.5. The number of hydrogen-bond donors (Lipinski definition) is 1. The minimum absolute atomic E-state index is 0.0422. The molecule has 2 fully saturated rings. The highest BCUT2D eigenvalue weighted by Crippen LogP contribution is 2.38. The Morgan fingerprint density at radius 2 is 1.94 bits per heavy atom. The second-order valence-electron chi connectivity index (χ2n) is 6.94. The average Bonchev–Trinajstić information content (AvgIpc) is 2.78. The van der Waals surface area contributed by atoms with E-state index in [0.717, 1.165) is 18.9 Å². The largest absolute Gasteiger partial charge is 0.393 e. The van der Waals surface area contributed by atoms with Crippen LogP contribution in [0.15, 0.2) is 0 Å². The Morgan fingerprint density at radius 3 is 2.56 bits per heavy atom. The molecule has 0 aromatic heterocycles. The van der Waals surface area contributed by atoms with E-state index in [2.05, 4.69) is 25.7 Å². The van der Waals surface area contributed by atoms with Crippen molar-refractivity contribution in [1.82, 2.24) is 4.90 Å². The summed E-state index contributed by atoms with van der Waals surface area (Å²) in [5, 5.41) is 10.2. The summed E-state index contributed by atoms with van der Waals surface area (Å²) in [5.74, 6) is 1.33. The van der Waals surface area contributed by atoms with Crippen molar-refractivity contribution in [3.05, 3.63) is 0 Å². The van der Waals surface area contributed by atoms with Crippen LogP contribution in [0.25, 0.3) is 0 Å². The van der Waals surface area contributed by atoms with E-state index in [1.807, 2.05) is 0 Å². The second kappa shape index (κ2) is 5.92. The molecule has 1 aliphatic heterocycles. The van der Waals surface area contributed by atoms with Gasteiger partial charge in [-0.1, -0.05) is 20.8 Å². The monoisotopic (exact) mass is 253 g/mol. The molecule has 1 heterocycles. The van der Waals surface area contributed by atoms with Gasteiger partial charge in [0.05, 0.1) is 6.10 Å². The minimum Gasteiger partial charge on any atom is -0.393 e. The fourth-order valence-electron chi connectivity index (χ4n) is 4.02. The molecule has 0 spiro atoms. The van der Waals surface area contributed by atoms with Crippen LogP contribution in [0.2, 0.25) is 0 Å². The molecule has 0 radical (unpaired) electrons. The molecule has 0 bridgehead atoms. The molecule has 2 aliphatic rings. The van der Waals surface area contributed by atoms with Crippen molar-refractivity contribution in [3.63, 3.8) is 0 Å². The summed E-state index contributed by atoms with van der Waals surface area (Å²) in [6.45, 7) is 10.7. The van der Waals surface area contributed by atoms with Gasteiger partial charge >= 0.3 is 0 Å². The van der Waals surface area contributed by atoms with Crippen LogP contribution in [-0.2, 0) is 0 Å². The number of nitrogens with zero attached hydrogens (tertiary/aromatic N) is 1. The third-order valence-corrected chi connectivity index (χ3v) is 5.71. The minimum atomic E-state index is -0.0422. The first-order valence-electron chi connectivity index (χ1n) is 7.99. The zero-order valence-electron chi connectivity index (χ0n) is 12.5. The van der Waals surface area contributed by atoms with E-state index in [4.69, 9.17) is 0 Å². The van der Waals surface area contributed by atoms with Gasteiger partial charge in [-0.15, -0.1) is 0 Å². The highest BCUT2D eigenvalue weighted by Gasteiger charge is 2.37. The fraction of sp³-hybridized carbons (Fsp3) is 1.00. The predicted molar refractivity (Wildman–Crippen MR) is 76.6 cm³/mol. The van der Waals surface area contributed by atoms with Crippen molar-refractivity contribution in [3.8, 4) is 0 Å². The number of hydrogen-bond acceptors (Lipinski definition) is 2. The van der Waals surface area contributed by atoms with Gasteiger partial charge in [-0.05, 0) is 62.3 Å². The van der Waals surface area contributed by atoms with Crippen molar-refractivity contribution < 1.29 is 5.11 Å². The van der Waals surface area contributed by atoms with Gasteiger partial charge in [0, 0.05) is 13.1 Å². The lowest BCUT2D eigenvalue weighted by molar-refractivity contribution is 0.0324. The summed E-state index contributed by atoms with van der Waals surface area (Å²) < 4.78 is 0. The van der Waals surface area contributed by atoms with E-state index in [0.29, 0.717) is 11.3 Å². The maximum atomic E-state index is 10.2.